The van der Waals surface area contributed by atoms with Gasteiger partial charge in [0.25, 0.3) is 0 Å². The Labute approximate surface area is 231 Å². The number of aliphatic hydroxyl groups excluding tert-OH is 2. The predicted octanol–water partition coefficient (Wildman–Crippen LogP) is 3.40. The molecule has 0 aromatic heterocycles. The minimum atomic E-state index is -1.38. The van der Waals surface area contributed by atoms with Crippen molar-refractivity contribution in [2.45, 2.75) is 56.7 Å². The number of halogens is 3. The van der Waals surface area contributed by atoms with E-state index in [9.17, 15) is 19.6 Å². The Bertz CT molecular complexity index is 881. The number of amides is 1. The van der Waals surface area contributed by atoms with Crippen LogP contribution in [0.5, 0.6) is 5.75 Å². The summed E-state index contributed by atoms with van der Waals surface area (Å²) in [7, 11) is 0. The fraction of sp³-hybridized carbons (Fsp3) is 0.625. The van der Waals surface area contributed by atoms with Crippen molar-refractivity contribution in [3.8, 4) is 5.75 Å². The maximum absolute atomic E-state index is 13.1. The van der Waals surface area contributed by atoms with E-state index in [-0.39, 0.29) is 31.0 Å². The molecule has 0 saturated carbocycles. The molecular weight excluding hydrogens is 549 g/mol. The summed E-state index contributed by atoms with van der Waals surface area (Å²) in [5.41, 5.74) is 0.742. The van der Waals surface area contributed by atoms with Gasteiger partial charge in [0.05, 0.1) is 16.1 Å². The minimum absolute atomic E-state index is 0.0242. The number of nitrogens with zero attached hydrogens (tertiary/aromatic N) is 1. The zero-order valence-corrected chi connectivity index (χ0v) is 23.9. The topological polar surface area (TPSA) is 117 Å². The largest absolute Gasteiger partial charge is 0.598 e. The summed E-state index contributed by atoms with van der Waals surface area (Å²) in [4.78, 5) is 13.1. The molecule has 0 aliphatic carbocycles. The molecule has 1 aliphatic rings. The summed E-state index contributed by atoms with van der Waals surface area (Å²) < 4.78 is 21.8. The second-order valence-corrected chi connectivity index (χ2v) is 12.8. The van der Waals surface area contributed by atoms with E-state index in [0.29, 0.717) is 41.7 Å². The standard InChI is InChI=1S/C24H36Cl3N3O5S/c1-5-10-35-20-12-18(27)17(26)11-16(20)22(29-36(34)24(2,3)4)15-6-8-30(9-7-15)23(33)19(31)14-28-21(32)13-25/h5,11-12,15,19,22-23,29,31,33H,1,6-10,13-14H2,2-4H3,(H,28,32)/t19-,22+,23?,36-/m0/s1. The average Bonchev–Trinajstić information content (AvgIpc) is 2.85. The SMILES string of the molecule is C=CCOc1cc(Cl)c(Cl)cc1[C@H](N[S@@+]([O-])C(C)(C)C)C1CCN(C(O)[C@@H](O)CNC(=O)CCl)CC1. The first-order valence-corrected chi connectivity index (χ1v) is 14.2. The van der Waals surface area contributed by atoms with E-state index in [0.717, 1.165) is 5.56 Å². The lowest BCUT2D eigenvalue weighted by molar-refractivity contribution is -0.121. The van der Waals surface area contributed by atoms with Gasteiger partial charge < -0.3 is 24.8 Å². The molecule has 2 rings (SSSR count). The van der Waals surface area contributed by atoms with Gasteiger partial charge in [0.2, 0.25) is 5.91 Å². The molecule has 0 radical (unpaired) electrons. The van der Waals surface area contributed by atoms with Crippen LogP contribution in [0, 0.1) is 5.92 Å². The molecule has 0 spiro atoms. The highest BCUT2D eigenvalue weighted by molar-refractivity contribution is 7.90. The zero-order chi connectivity index (χ0) is 27.0. The van der Waals surface area contributed by atoms with Crippen molar-refractivity contribution in [1.82, 2.24) is 14.9 Å². The van der Waals surface area contributed by atoms with Crippen molar-refractivity contribution in [2.24, 2.45) is 5.92 Å². The van der Waals surface area contributed by atoms with E-state index in [4.69, 9.17) is 39.5 Å². The lowest BCUT2D eigenvalue weighted by Crippen LogP contribution is -2.52. The van der Waals surface area contributed by atoms with Crippen LogP contribution in [-0.4, -0.2) is 74.8 Å². The van der Waals surface area contributed by atoms with Crippen LogP contribution in [0.1, 0.15) is 45.2 Å². The van der Waals surface area contributed by atoms with Gasteiger partial charge in [-0.2, -0.15) is 0 Å². The predicted molar refractivity (Wildman–Crippen MR) is 146 cm³/mol. The Morgan fingerprint density at radius 2 is 1.92 bits per heavy atom. The molecule has 4 atom stereocenters. The van der Waals surface area contributed by atoms with Crippen LogP contribution in [-0.2, 0) is 16.2 Å². The van der Waals surface area contributed by atoms with Gasteiger partial charge in [-0.1, -0.05) is 35.9 Å². The van der Waals surface area contributed by atoms with Gasteiger partial charge in [0.15, 0.2) is 0 Å². The molecule has 12 heteroatoms. The number of likely N-dealkylation sites (tertiary alicyclic amines) is 1. The summed E-state index contributed by atoms with van der Waals surface area (Å²) in [5, 5.41) is 24.1. The van der Waals surface area contributed by atoms with Crippen LogP contribution in [0.4, 0.5) is 0 Å². The van der Waals surface area contributed by atoms with Gasteiger partial charge in [0, 0.05) is 42.6 Å². The summed E-state index contributed by atoms with van der Waals surface area (Å²) in [5.74, 6) is -0.0820. The van der Waals surface area contributed by atoms with Crippen molar-refractivity contribution in [1.29, 1.82) is 0 Å². The van der Waals surface area contributed by atoms with E-state index >= 15 is 0 Å². The van der Waals surface area contributed by atoms with Gasteiger partial charge >= 0.3 is 0 Å². The first-order chi connectivity index (χ1) is 16.9. The number of benzene rings is 1. The highest BCUT2D eigenvalue weighted by Crippen LogP contribution is 2.41. The van der Waals surface area contributed by atoms with Crippen LogP contribution in [0.25, 0.3) is 0 Å². The molecule has 1 aromatic rings. The van der Waals surface area contributed by atoms with Crippen molar-refractivity contribution in [3.63, 3.8) is 0 Å². The fourth-order valence-corrected chi connectivity index (χ4v) is 5.22. The third-order valence-electron chi connectivity index (χ3n) is 5.93. The quantitative estimate of drug-likeness (QED) is 0.169. The number of carbonyl (C=O) groups is 1. The van der Waals surface area contributed by atoms with Crippen LogP contribution < -0.4 is 14.8 Å². The van der Waals surface area contributed by atoms with Crippen molar-refractivity contribution >= 4 is 52.1 Å². The molecule has 8 nitrogen and oxygen atoms in total. The Morgan fingerprint density at radius 1 is 1.31 bits per heavy atom. The Balaban J connectivity index is 2.24. The van der Waals surface area contributed by atoms with Crippen LogP contribution in [0.3, 0.4) is 0 Å². The monoisotopic (exact) mass is 583 g/mol. The Hall–Kier alpha value is -0.750. The highest BCUT2D eigenvalue weighted by Gasteiger charge is 2.38. The summed E-state index contributed by atoms with van der Waals surface area (Å²) in [6.45, 7) is 10.5. The lowest BCUT2D eigenvalue weighted by atomic mass is 9.85. The number of hydrogen-bond donors (Lipinski definition) is 4. The molecule has 1 unspecified atom stereocenters. The average molecular weight is 585 g/mol. The second-order valence-electron chi connectivity index (χ2n) is 9.67. The molecular formula is C24H36Cl3N3O5S. The maximum Gasteiger partial charge on any atom is 0.235 e. The normalized spacial score (nSPS) is 18.8. The Morgan fingerprint density at radius 3 is 2.47 bits per heavy atom. The van der Waals surface area contributed by atoms with Crippen molar-refractivity contribution in [2.75, 3.05) is 32.1 Å². The number of ether oxygens (including phenoxy) is 1. The van der Waals surface area contributed by atoms with E-state index < -0.39 is 34.3 Å². The number of rotatable bonds is 12. The molecule has 1 aromatic carbocycles. The fourth-order valence-electron chi connectivity index (χ4n) is 3.90. The molecule has 1 aliphatic heterocycles. The summed E-state index contributed by atoms with van der Waals surface area (Å²) >= 11 is 16.7. The van der Waals surface area contributed by atoms with E-state index in [1.807, 2.05) is 20.8 Å². The lowest BCUT2D eigenvalue weighted by Gasteiger charge is -2.40. The van der Waals surface area contributed by atoms with Gasteiger partial charge in [0.1, 0.15) is 35.3 Å². The van der Waals surface area contributed by atoms with Crippen LogP contribution >= 0.6 is 34.8 Å². The summed E-state index contributed by atoms with van der Waals surface area (Å²) in [6, 6.07) is 3.03. The molecule has 0 bridgehead atoms. The van der Waals surface area contributed by atoms with Crippen molar-refractivity contribution in [3.05, 3.63) is 40.4 Å². The molecule has 1 amide bonds. The van der Waals surface area contributed by atoms with Crippen LogP contribution in [0.2, 0.25) is 10.0 Å². The maximum atomic E-state index is 13.1. The van der Waals surface area contributed by atoms with Gasteiger partial charge in [-0.25, -0.2) is 0 Å². The van der Waals surface area contributed by atoms with Crippen LogP contribution in [0.15, 0.2) is 24.8 Å². The number of alkyl halides is 1. The molecule has 204 valence electrons. The Kier molecular flexibility index (Phi) is 12.6. The number of hydrogen-bond acceptors (Lipinski definition) is 7. The third-order valence-corrected chi connectivity index (χ3v) is 8.47. The number of piperidine rings is 1. The van der Waals surface area contributed by atoms with Crippen molar-refractivity contribution < 1.29 is 24.3 Å². The number of carbonyl (C=O) groups excluding carboxylic acids is 1. The number of aliphatic hydroxyl groups is 2. The third kappa shape index (κ3) is 8.92. The smallest absolute Gasteiger partial charge is 0.235 e. The first-order valence-electron chi connectivity index (χ1n) is 11.7. The van der Waals surface area contributed by atoms with Gasteiger partial charge in [-0.05, 0) is 45.6 Å². The molecule has 36 heavy (non-hydrogen) atoms. The zero-order valence-electron chi connectivity index (χ0n) is 20.8. The molecule has 1 saturated heterocycles. The minimum Gasteiger partial charge on any atom is -0.598 e. The van der Waals surface area contributed by atoms with Gasteiger partial charge in [-0.3, -0.25) is 9.69 Å². The number of nitrogens with one attached hydrogen (secondary N) is 2. The van der Waals surface area contributed by atoms with Gasteiger partial charge in [-0.15, -0.1) is 16.3 Å². The molecule has 1 fully saturated rings. The first kappa shape index (κ1) is 31.5. The molecule has 4 N–H and O–H groups in total. The second kappa shape index (κ2) is 14.4. The molecule has 1 heterocycles. The van der Waals surface area contributed by atoms with E-state index in [1.54, 1.807) is 23.1 Å². The highest BCUT2D eigenvalue weighted by atomic mass is 35.5. The van der Waals surface area contributed by atoms with E-state index in [1.165, 1.54) is 0 Å². The van der Waals surface area contributed by atoms with E-state index in [2.05, 4.69) is 16.6 Å². The summed E-state index contributed by atoms with van der Waals surface area (Å²) in [6.07, 6.45) is 0.594.